The molecule has 0 unspecified atom stereocenters. The molecule has 3 aromatic rings. The first kappa shape index (κ1) is 17.8. The van der Waals surface area contributed by atoms with Gasteiger partial charge in [-0.15, -0.1) is 21.5 Å². The number of halogens is 1. The molecule has 0 fully saturated rings. The van der Waals surface area contributed by atoms with E-state index in [9.17, 15) is 4.79 Å². The number of thiophene rings is 1. The van der Waals surface area contributed by atoms with Crippen LogP contribution in [0.3, 0.4) is 0 Å². The Labute approximate surface area is 157 Å². The van der Waals surface area contributed by atoms with Gasteiger partial charge in [-0.1, -0.05) is 29.4 Å². The Kier molecular flexibility index (Phi) is 5.62. The van der Waals surface area contributed by atoms with Gasteiger partial charge in [0.25, 0.3) is 5.56 Å². The minimum absolute atomic E-state index is 0.196. The Hall–Kier alpha value is -2.03. The summed E-state index contributed by atoms with van der Waals surface area (Å²) in [6, 6.07) is 9.24. The van der Waals surface area contributed by atoms with Crippen LogP contribution in [0.2, 0.25) is 5.02 Å². The molecule has 0 spiro atoms. The van der Waals surface area contributed by atoms with Crippen molar-refractivity contribution >= 4 is 46.3 Å². The lowest BCUT2D eigenvalue weighted by Crippen LogP contribution is -2.24. The summed E-state index contributed by atoms with van der Waals surface area (Å²) in [5.74, 6) is 1.61. The number of nitrogens with one attached hydrogen (secondary N) is 1. The lowest BCUT2D eigenvalue weighted by Gasteiger charge is -2.11. The molecule has 9 heteroatoms. The Morgan fingerprint density at radius 3 is 2.88 bits per heavy atom. The van der Waals surface area contributed by atoms with Crippen molar-refractivity contribution in [1.82, 2.24) is 14.8 Å². The summed E-state index contributed by atoms with van der Waals surface area (Å²) < 4.78 is 6.55. The van der Waals surface area contributed by atoms with Crippen molar-refractivity contribution in [2.45, 2.75) is 10.8 Å². The van der Waals surface area contributed by atoms with E-state index in [4.69, 9.17) is 16.3 Å². The Bertz CT molecular complexity index is 928. The highest BCUT2D eigenvalue weighted by atomic mass is 35.5. The third kappa shape index (κ3) is 4.15. The van der Waals surface area contributed by atoms with Crippen molar-refractivity contribution in [1.29, 1.82) is 0 Å². The predicted octanol–water partition coefficient (Wildman–Crippen LogP) is 3.93. The summed E-state index contributed by atoms with van der Waals surface area (Å²) in [5.41, 5.74) is 0.493. The summed E-state index contributed by atoms with van der Waals surface area (Å²) in [7, 11) is 3.20. The van der Waals surface area contributed by atoms with E-state index in [1.54, 1.807) is 43.7 Å². The van der Waals surface area contributed by atoms with Crippen LogP contribution in [0.1, 0.15) is 4.88 Å². The molecule has 0 radical (unpaired) electrons. The molecule has 0 aliphatic rings. The van der Waals surface area contributed by atoms with E-state index in [0.29, 0.717) is 33.2 Å². The van der Waals surface area contributed by atoms with E-state index >= 15 is 0 Å². The van der Waals surface area contributed by atoms with Gasteiger partial charge in [0.2, 0.25) is 5.95 Å². The zero-order valence-corrected chi connectivity index (χ0v) is 15.9. The largest absolute Gasteiger partial charge is 0.495 e. The molecule has 0 amide bonds. The Balaban J connectivity index is 1.78. The fourth-order valence-electron chi connectivity index (χ4n) is 2.05. The molecule has 2 heterocycles. The van der Waals surface area contributed by atoms with E-state index in [1.807, 2.05) is 17.5 Å². The molecule has 2 aromatic heterocycles. The lowest BCUT2D eigenvalue weighted by atomic mass is 10.3. The topological polar surface area (TPSA) is 69.0 Å². The second kappa shape index (κ2) is 7.90. The van der Waals surface area contributed by atoms with Crippen LogP contribution in [0.15, 0.2) is 45.5 Å². The minimum atomic E-state index is -0.196. The maximum atomic E-state index is 12.5. The van der Waals surface area contributed by atoms with Crippen molar-refractivity contribution in [3.8, 4) is 5.75 Å². The zero-order chi connectivity index (χ0) is 17.8. The number of rotatable bonds is 6. The Morgan fingerprint density at radius 1 is 1.36 bits per heavy atom. The van der Waals surface area contributed by atoms with E-state index in [0.717, 1.165) is 0 Å². The van der Waals surface area contributed by atoms with E-state index < -0.39 is 0 Å². The predicted molar refractivity (Wildman–Crippen MR) is 102 cm³/mol. The van der Waals surface area contributed by atoms with Crippen molar-refractivity contribution in [3.05, 3.63) is 56.0 Å². The highest BCUT2D eigenvalue weighted by molar-refractivity contribution is 7.98. The fraction of sp³-hybridized carbons (Fsp3) is 0.188. The number of thioether (sulfide) groups is 1. The molecule has 1 N–H and O–H groups in total. The van der Waals surface area contributed by atoms with Gasteiger partial charge in [0.1, 0.15) is 5.75 Å². The van der Waals surface area contributed by atoms with Gasteiger partial charge < -0.3 is 10.1 Å². The fourth-order valence-corrected chi connectivity index (χ4v) is 3.98. The Morgan fingerprint density at radius 2 is 2.20 bits per heavy atom. The molecule has 0 saturated heterocycles. The van der Waals surface area contributed by atoms with Gasteiger partial charge in [-0.25, -0.2) is 0 Å². The van der Waals surface area contributed by atoms with Gasteiger partial charge in [-0.05, 0) is 29.6 Å². The van der Waals surface area contributed by atoms with Gasteiger partial charge in [0.15, 0.2) is 5.03 Å². The summed E-state index contributed by atoms with van der Waals surface area (Å²) in [4.78, 5) is 13.6. The van der Waals surface area contributed by atoms with Gasteiger partial charge in [-0.2, -0.15) is 0 Å². The average Bonchev–Trinajstić information content (AvgIpc) is 3.12. The molecule has 0 aliphatic carbocycles. The molecular formula is C16H15ClN4O2S2. The summed E-state index contributed by atoms with van der Waals surface area (Å²) >= 11 is 9.14. The standard InChI is InChI=1S/C16H15ClN4O2S2/c1-21-15(22)14(25-9-11-4-3-7-24-11)19-20-16(21)18-10-5-6-13(23-2)12(17)8-10/h3-8H,9H2,1-2H3,(H,18,20). The molecule has 0 bridgehead atoms. The van der Waals surface area contributed by atoms with Crippen LogP contribution in [0, 0.1) is 0 Å². The molecule has 0 atom stereocenters. The second-order valence-corrected chi connectivity index (χ2v) is 7.44. The van der Waals surface area contributed by atoms with Crippen LogP contribution in [-0.4, -0.2) is 21.9 Å². The highest BCUT2D eigenvalue weighted by Crippen LogP contribution is 2.28. The van der Waals surface area contributed by atoms with Crippen LogP contribution in [-0.2, 0) is 12.8 Å². The minimum Gasteiger partial charge on any atom is -0.495 e. The van der Waals surface area contributed by atoms with Gasteiger partial charge >= 0.3 is 0 Å². The van der Waals surface area contributed by atoms with Crippen LogP contribution in [0.5, 0.6) is 5.75 Å². The number of hydrogen-bond donors (Lipinski definition) is 1. The maximum absolute atomic E-state index is 12.5. The number of anilines is 2. The van der Waals surface area contributed by atoms with Crippen molar-refractivity contribution in [3.63, 3.8) is 0 Å². The van der Waals surface area contributed by atoms with Crippen molar-refractivity contribution in [2.75, 3.05) is 12.4 Å². The lowest BCUT2D eigenvalue weighted by molar-refractivity contribution is 0.415. The maximum Gasteiger partial charge on any atom is 0.287 e. The monoisotopic (exact) mass is 394 g/mol. The molecule has 0 saturated carbocycles. The SMILES string of the molecule is COc1ccc(Nc2nnc(SCc3cccs3)c(=O)n2C)cc1Cl. The van der Waals surface area contributed by atoms with Crippen LogP contribution < -0.4 is 15.6 Å². The first-order chi connectivity index (χ1) is 12.1. The van der Waals surface area contributed by atoms with Crippen LogP contribution in [0.25, 0.3) is 0 Å². The first-order valence-corrected chi connectivity index (χ1v) is 9.52. The number of nitrogens with zero attached hydrogens (tertiary/aromatic N) is 3. The van der Waals surface area contributed by atoms with Gasteiger partial charge in [0, 0.05) is 23.4 Å². The summed E-state index contributed by atoms with van der Waals surface area (Å²) in [5, 5.41) is 14.1. The molecule has 130 valence electrons. The number of hydrogen-bond acceptors (Lipinski definition) is 7. The number of aromatic nitrogens is 3. The molecule has 1 aromatic carbocycles. The van der Waals surface area contributed by atoms with Gasteiger partial charge in [-0.3, -0.25) is 9.36 Å². The van der Waals surface area contributed by atoms with E-state index in [-0.39, 0.29) is 5.56 Å². The van der Waals surface area contributed by atoms with Crippen molar-refractivity contribution < 1.29 is 4.74 Å². The highest BCUT2D eigenvalue weighted by Gasteiger charge is 2.11. The molecular weight excluding hydrogens is 380 g/mol. The van der Waals surface area contributed by atoms with Crippen LogP contribution >= 0.6 is 34.7 Å². The second-order valence-electron chi connectivity index (χ2n) is 5.04. The third-order valence-electron chi connectivity index (χ3n) is 3.38. The number of ether oxygens (including phenoxy) is 1. The average molecular weight is 395 g/mol. The van der Waals surface area contributed by atoms with Crippen molar-refractivity contribution in [2.24, 2.45) is 7.05 Å². The normalized spacial score (nSPS) is 10.7. The smallest absolute Gasteiger partial charge is 0.287 e. The van der Waals surface area contributed by atoms with Gasteiger partial charge in [0.05, 0.1) is 12.1 Å². The number of benzene rings is 1. The molecule has 0 aliphatic heterocycles. The van der Waals surface area contributed by atoms with Crippen LogP contribution in [0.4, 0.5) is 11.6 Å². The molecule has 25 heavy (non-hydrogen) atoms. The first-order valence-electron chi connectivity index (χ1n) is 7.28. The molecule has 3 rings (SSSR count). The molecule has 6 nitrogen and oxygen atoms in total. The quantitative estimate of drug-likeness (QED) is 0.639. The third-order valence-corrected chi connectivity index (χ3v) is 5.72. The van der Waals surface area contributed by atoms with E-state index in [2.05, 4.69) is 15.5 Å². The number of methoxy groups -OCH3 is 1. The van der Waals surface area contributed by atoms with E-state index in [1.165, 1.54) is 21.2 Å². The summed E-state index contributed by atoms with van der Waals surface area (Å²) in [6.07, 6.45) is 0. The summed E-state index contributed by atoms with van der Waals surface area (Å²) in [6.45, 7) is 0. The zero-order valence-electron chi connectivity index (χ0n) is 13.5.